The van der Waals surface area contributed by atoms with Crippen LogP contribution < -0.4 is 10.2 Å². The van der Waals surface area contributed by atoms with Gasteiger partial charge in [-0.2, -0.15) is 0 Å². The number of amides is 1. The summed E-state index contributed by atoms with van der Waals surface area (Å²) in [5.74, 6) is -0.542. The molecule has 0 unspecified atom stereocenters. The van der Waals surface area contributed by atoms with E-state index < -0.39 is 0 Å². The summed E-state index contributed by atoms with van der Waals surface area (Å²) in [4.78, 5) is 31.4. The average Bonchev–Trinajstić information content (AvgIpc) is 3.14. The van der Waals surface area contributed by atoms with Crippen molar-refractivity contribution >= 4 is 46.3 Å². The van der Waals surface area contributed by atoms with Gasteiger partial charge in [-0.05, 0) is 66.7 Å². The first-order chi connectivity index (χ1) is 15.1. The van der Waals surface area contributed by atoms with Gasteiger partial charge in [-0.25, -0.2) is 9.79 Å². The fourth-order valence-corrected chi connectivity index (χ4v) is 4.08. The number of thioether (sulfide) groups is 1. The number of morpholine rings is 1. The van der Waals surface area contributed by atoms with Crippen LogP contribution in [0.2, 0.25) is 0 Å². The van der Waals surface area contributed by atoms with Crippen molar-refractivity contribution in [1.29, 1.82) is 0 Å². The third kappa shape index (κ3) is 5.34. The molecule has 4 rings (SSSR count). The molecule has 0 radical (unpaired) electrons. The number of nitrogens with zero attached hydrogens (tertiary/aromatic N) is 2. The third-order valence-corrected chi connectivity index (χ3v) is 5.74. The summed E-state index contributed by atoms with van der Waals surface area (Å²) in [6, 6.07) is 14.9. The third-order valence-electron chi connectivity index (χ3n) is 4.83. The molecule has 0 atom stereocenters. The molecular formula is C23H23N3O4S. The van der Waals surface area contributed by atoms with E-state index in [-0.39, 0.29) is 11.9 Å². The van der Waals surface area contributed by atoms with E-state index in [1.165, 1.54) is 11.8 Å². The van der Waals surface area contributed by atoms with Gasteiger partial charge in [-0.15, -0.1) is 0 Å². The van der Waals surface area contributed by atoms with Gasteiger partial charge in [0.1, 0.15) is 0 Å². The molecule has 0 saturated carbocycles. The van der Waals surface area contributed by atoms with Crippen LogP contribution in [0.1, 0.15) is 22.8 Å². The number of benzene rings is 2. The number of esters is 1. The molecule has 160 valence electrons. The highest BCUT2D eigenvalue weighted by Gasteiger charge is 2.24. The van der Waals surface area contributed by atoms with Crippen LogP contribution in [0.3, 0.4) is 0 Å². The smallest absolute Gasteiger partial charge is 0.338 e. The number of rotatable bonds is 5. The van der Waals surface area contributed by atoms with Gasteiger partial charge in [-0.1, -0.05) is 12.1 Å². The molecule has 2 saturated heterocycles. The largest absolute Gasteiger partial charge is 0.462 e. The monoisotopic (exact) mass is 437 g/mol. The normalized spacial score (nSPS) is 19.0. The number of anilines is 1. The molecule has 0 spiro atoms. The first kappa shape index (κ1) is 21.1. The Morgan fingerprint density at radius 1 is 1.16 bits per heavy atom. The number of nitrogens with one attached hydrogen (secondary N) is 1. The molecule has 0 bridgehead atoms. The molecule has 8 heteroatoms. The Balaban J connectivity index is 1.42. The second kappa shape index (κ2) is 9.80. The summed E-state index contributed by atoms with van der Waals surface area (Å²) in [6.07, 6.45) is 1.86. The molecule has 2 heterocycles. The van der Waals surface area contributed by atoms with Crippen molar-refractivity contribution in [3.8, 4) is 0 Å². The Morgan fingerprint density at radius 3 is 2.55 bits per heavy atom. The molecule has 31 heavy (non-hydrogen) atoms. The van der Waals surface area contributed by atoms with Crippen LogP contribution in [0, 0.1) is 0 Å². The molecule has 0 aromatic heterocycles. The summed E-state index contributed by atoms with van der Waals surface area (Å²) >= 11 is 1.29. The molecular weight excluding hydrogens is 414 g/mol. The van der Waals surface area contributed by atoms with Crippen LogP contribution in [0.4, 0.5) is 11.4 Å². The Kier molecular flexibility index (Phi) is 6.69. The van der Waals surface area contributed by atoms with Gasteiger partial charge in [0, 0.05) is 18.8 Å². The van der Waals surface area contributed by atoms with E-state index in [2.05, 4.69) is 27.3 Å². The zero-order chi connectivity index (χ0) is 21.6. The van der Waals surface area contributed by atoms with Crippen LogP contribution in [0.5, 0.6) is 0 Å². The van der Waals surface area contributed by atoms with Gasteiger partial charge in [-0.3, -0.25) is 4.79 Å². The van der Waals surface area contributed by atoms with Crippen molar-refractivity contribution in [2.45, 2.75) is 6.92 Å². The summed E-state index contributed by atoms with van der Waals surface area (Å²) in [7, 11) is 0. The van der Waals surface area contributed by atoms with E-state index in [0.717, 1.165) is 37.6 Å². The highest BCUT2D eigenvalue weighted by molar-refractivity contribution is 8.18. The zero-order valence-electron chi connectivity index (χ0n) is 17.2. The van der Waals surface area contributed by atoms with Crippen LogP contribution in [-0.2, 0) is 14.3 Å². The van der Waals surface area contributed by atoms with Gasteiger partial charge in [0.25, 0.3) is 5.91 Å². The van der Waals surface area contributed by atoms with Crippen molar-refractivity contribution in [2.75, 3.05) is 37.8 Å². The lowest BCUT2D eigenvalue weighted by atomic mass is 10.1. The Morgan fingerprint density at radius 2 is 1.87 bits per heavy atom. The van der Waals surface area contributed by atoms with Gasteiger partial charge < -0.3 is 19.7 Å². The van der Waals surface area contributed by atoms with E-state index in [1.807, 2.05) is 18.2 Å². The molecule has 2 aliphatic heterocycles. The van der Waals surface area contributed by atoms with Crippen molar-refractivity contribution in [3.63, 3.8) is 0 Å². The maximum absolute atomic E-state index is 12.3. The minimum atomic E-state index is -0.366. The van der Waals surface area contributed by atoms with E-state index in [0.29, 0.717) is 27.9 Å². The first-order valence-corrected chi connectivity index (χ1v) is 10.9. The van der Waals surface area contributed by atoms with Crippen molar-refractivity contribution in [2.24, 2.45) is 4.99 Å². The number of amidine groups is 1. The molecule has 2 aromatic carbocycles. The molecule has 7 nitrogen and oxygen atoms in total. The van der Waals surface area contributed by atoms with Crippen molar-refractivity contribution in [1.82, 2.24) is 5.32 Å². The van der Waals surface area contributed by atoms with Gasteiger partial charge in [0.2, 0.25) is 0 Å². The Bertz CT molecular complexity index is 1010. The number of aliphatic imine (C=N–C) groups is 1. The summed E-state index contributed by atoms with van der Waals surface area (Å²) in [5.41, 5.74) is 3.22. The summed E-state index contributed by atoms with van der Waals surface area (Å²) in [6.45, 7) is 5.36. The lowest BCUT2D eigenvalue weighted by Gasteiger charge is -2.28. The zero-order valence-corrected chi connectivity index (χ0v) is 18.0. The van der Waals surface area contributed by atoms with E-state index >= 15 is 0 Å². The number of ether oxygens (including phenoxy) is 2. The number of hydrogen-bond donors (Lipinski definition) is 1. The van der Waals surface area contributed by atoms with Crippen LogP contribution >= 0.6 is 11.8 Å². The lowest BCUT2D eigenvalue weighted by Crippen LogP contribution is -2.36. The van der Waals surface area contributed by atoms with Gasteiger partial charge >= 0.3 is 5.97 Å². The maximum atomic E-state index is 12.3. The number of carbonyl (C=O) groups is 2. The van der Waals surface area contributed by atoms with E-state index in [1.54, 1.807) is 31.2 Å². The maximum Gasteiger partial charge on any atom is 0.338 e. The standard InChI is InChI=1S/C23H23N3O4S/c1-2-30-22(28)17-5-7-18(8-6-17)24-23-25-21(27)20(31-23)15-16-3-9-19(10-4-16)26-11-13-29-14-12-26/h3-10,15H,2,11-14H2,1H3,(H,24,25,27). The van der Waals surface area contributed by atoms with Crippen molar-refractivity contribution < 1.29 is 19.1 Å². The molecule has 1 amide bonds. The fraction of sp³-hybridized carbons (Fsp3) is 0.261. The van der Waals surface area contributed by atoms with Gasteiger partial charge in [0.15, 0.2) is 5.17 Å². The van der Waals surface area contributed by atoms with Crippen LogP contribution in [0.25, 0.3) is 6.08 Å². The predicted octanol–water partition coefficient (Wildman–Crippen LogP) is 3.59. The summed E-state index contributed by atoms with van der Waals surface area (Å²) < 4.78 is 10.4. The van der Waals surface area contributed by atoms with Crippen LogP contribution in [-0.4, -0.2) is 50.0 Å². The van der Waals surface area contributed by atoms with E-state index in [9.17, 15) is 9.59 Å². The highest BCUT2D eigenvalue weighted by Crippen LogP contribution is 2.28. The Labute approximate surface area is 185 Å². The van der Waals surface area contributed by atoms with Crippen molar-refractivity contribution in [3.05, 3.63) is 64.6 Å². The second-order valence-corrected chi connectivity index (χ2v) is 7.97. The highest BCUT2D eigenvalue weighted by atomic mass is 32.2. The number of carbonyl (C=O) groups excluding carboxylic acids is 2. The molecule has 2 aliphatic rings. The number of hydrogen-bond acceptors (Lipinski definition) is 7. The minimum absolute atomic E-state index is 0.177. The van der Waals surface area contributed by atoms with Crippen LogP contribution in [0.15, 0.2) is 58.4 Å². The molecule has 2 aromatic rings. The first-order valence-electron chi connectivity index (χ1n) is 10.1. The fourth-order valence-electron chi connectivity index (χ4n) is 3.24. The average molecular weight is 438 g/mol. The quantitative estimate of drug-likeness (QED) is 0.569. The SMILES string of the molecule is CCOC(=O)c1ccc(N=C2NC(=O)C(=Cc3ccc(N4CCOCC4)cc3)S2)cc1. The van der Waals surface area contributed by atoms with Gasteiger partial charge in [0.05, 0.1) is 36.0 Å². The minimum Gasteiger partial charge on any atom is -0.462 e. The Hall–Kier alpha value is -3.10. The second-order valence-electron chi connectivity index (χ2n) is 6.94. The molecule has 0 aliphatic carbocycles. The molecule has 2 fully saturated rings. The molecule has 1 N–H and O–H groups in total. The topological polar surface area (TPSA) is 80.2 Å². The predicted molar refractivity (Wildman–Crippen MR) is 123 cm³/mol. The summed E-state index contributed by atoms with van der Waals surface area (Å²) in [5, 5.41) is 3.29. The van der Waals surface area contributed by atoms with E-state index in [4.69, 9.17) is 9.47 Å². The lowest BCUT2D eigenvalue weighted by molar-refractivity contribution is -0.115.